The Bertz CT molecular complexity index is 606. The first-order valence-corrected chi connectivity index (χ1v) is 8.97. The minimum Gasteiger partial charge on any atom is -0.488 e. The molecule has 2 heterocycles. The maximum Gasteiger partial charge on any atom is 0.238 e. The number of piperidine rings is 1. The number of carbonyl (C=O) groups excluding carboxylic acids is 1. The van der Waals surface area contributed by atoms with Crippen molar-refractivity contribution in [2.45, 2.75) is 18.9 Å². The maximum absolute atomic E-state index is 12.2. The van der Waals surface area contributed by atoms with Gasteiger partial charge in [0.05, 0.1) is 19.3 Å². The Morgan fingerprint density at radius 2 is 2.14 bits per heavy atom. The van der Waals surface area contributed by atoms with Gasteiger partial charge in [0.15, 0.2) is 0 Å². The van der Waals surface area contributed by atoms with Gasteiger partial charge in [0, 0.05) is 26.0 Å². The van der Waals surface area contributed by atoms with Crippen LogP contribution in [0.2, 0.25) is 0 Å². The Balaban J connectivity index is 1.91. The lowest BCUT2D eigenvalue weighted by atomic mass is 10.1. The highest BCUT2D eigenvalue weighted by Gasteiger charge is 2.26. The van der Waals surface area contributed by atoms with Crippen molar-refractivity contribution in [3.05, 3.63) is 24.5 Å². The minimum absolute atomic E-state index is 0.0800. The van der Waals surface area contributed by atoms with Crippen molar-refractivity contribution >= 4 is 15.9 Å². The molecule has 1 aliphatic rings. The third kappa shape index (κ3) is 4.67. The zero-order chi connectivity index (χ0) is 16.2. The van der Waals surface area contributed by atoms with Crippen LogP contribution in [0, 0.1) is 0 Å². The molecule has 1 amide bonds. The second-order valence-electron chi connectivity index (χ2n) is 5.42. The molecule has 1 aliphatic heterocycles. The number of rotatable bonds is 5. The van der Waals surface area contributed by atoms with Crippen molar-refractivity contribution in [1.82, 2.24) is 14.2 Å². The number of hydrogen-bond donors (Lipinski definition) is 0. The molecule has 1 saturated heterocycles. The van der Waals surface area contributed by atoms with Crippen LogP contribution in [0.25, 0.3) is 0 Å². The molecule has 8 heteroatoms. The first-order chi connectivity index (χ1) is 10.4. The van der Waals surface area contributed by atoms with E-state index >= 15 is 0 Å². The molecule has 0 aliphatic carbocycles. The van der Waals surface area contributed by atoms with Crippen LogP contribution in [0.4, 0.5) is 0 Å². The number of nitrogens with zero attached hydrogens (tertiary/aromatic N) is 3. The van der Waals surface area contributed by atoms with E-state index in [0.29, 0.717) is 13.1 Å². The lowest BCUT2D eigenvalue weighted by molar-refractivity contribution is -0.133. The first kappa shape index (κ1) is 16.7. The number of likely N-dealkylation sites (tertiary alicyclic amines) is 1. The molecular weight excluding hydrogens is 306 g/mol. The molecular formula is C14H21N3O4S. The number of carbonyl (C=O) groups is 1. The van der Waals surface area contributed by atoms with Crippen molar-refractivity contribution in [2.24, 2.45) is 0 Å². The van der Waals surface area contributed by atoms with E-state index in [2.05, 4.69) is 4.98 Å². The Morgan fingerprint density at radius 3 is 2.77 bits per heavy atom. The average Bonchev–Trinajstić information content (AvgIpc) is 2.47. The standard InChI is InChI=1S/C14H21N3O4S/c1-16(22(2,19)20)11-14(18)17-9-3-4-13(10-17)21-12-5-7-15-8-6-12/h5-8,13H,3-4,9-11H2,1-2H3. The van der Waals surface area contributed by atoms with Crippen LogP contribution in [0.3, 0.4) is 0 Å². The molecule has 0 spiro atoms. The fraction of sp³-hybridized carbons (Fsp3) is 0.571. The van der Waals surface area contributed by atoms with Crippen LogP contribution in [0.15, 0.2) is 24.5 Å². The van der Waals surface area contributed by atoms with E-state index in [4.69, 9.17) is 4.74 Å². The number of likely N-dealkylation sites (N-methyl/N-ethyl adjacent to an activating group) is 1. The number of aromatic nitrogens is 1. The predicted molar refractivity (Wildman–Crippen MR) is 81.9 cm³/mol. The first-order valence-electron chi connectivity index (χ1n) is 7.12. The molecule has 22 heavy (non-hydrogen) atoms. The molecule has 1 unspecified atom stereocenters. The van der Waals surface area contributed by atoms with Gasteiger partial charge in [-0.1, -0.05) is 0 Å². The predicted octanol–water partition coefficient (Wildman–Crippen LogP) is 0.343. The lowest BCUT2D eigenvalue weighted by Gasteiger charge is -2.33. The summed E-state index contributed by atoms with van der Waals surface area (Å²) in [5, 5.41) is 0. The number of amides is 1. The van der Waals surface area contributed by atoms with Crippen LogP contribution in [-0.4, -0.2) is 67.6 Å². The fourth-order valence-electron chi connectivity index (χ4n) is 2.28. The second-order valence-corrected chi connectivity index (χ2v) is 7.51. The summed E-state index contributed by atoms with van der Waals surface area (Å²) in [4.78, 5) is 17.8. The van der Waals surface area contributed by atoms with Gasteiger partial charge in [0.25, 0.3) is 0 Å². The van der Waals surface area contributed by atoms with Crippen molar-refractivity contribution in [3.63, 3.8) is 0 Å². The third-order valence-electron chi connectivity index (χ3n) is 3.61. The van der Waals surface area contributed by atoms with Gasteiger partial charge in [-0.3, -0.25) is 9.78 Å². The van der Waals surface area contributed by atoms with Gasteiger partial charge in [0.2, 0.25) is 15.9 Å². The molecule has 0 bridgehead atoms. The Labute approximate surface area is 130 Å². The number of hydrogen-bond acceptors (Lipinski definition) is 5. The fourth-order valence-corrected chi connectivity index (χ4v) is 2.62. The van der Waals surface area contributed by atoms with Gasteiger partial charge in [-0.25, -0.2) is 8.42 Å². The van der Waals surface area contributed by atoms with Crippen LogP contribution < -0.4 is 4.74 Å². The minimum atomic E-state index is -3.35. The Morgan fingerprint density at radius 1 is 1.45 bits per heavy atom. The van der Waals surface area contributed by atoms with E-state index < -0.39 is 10.0 Å². The lowest BCUT2D eigenvalue weighted by Crippen LogP contribution is -2.48. The summed E-state index contributed by atoms with van der Waals surface area (Å²) in [6, 6.07) is 3.55. The molecule has 7 nitrogen and oxygen atoms in total. The average molecular weight is 327 g/mol. The van der Waals surface area contributed by atoms with Crippen LogP contribution in [0.1, 0.15) is 12.8 Å². The molecule has 1 aromatic heterocycles. The van der Waals surface area contributed by atoms with Crippen LogP contribution in [-0.2, 0) is 14.8 Å². The highest BCUT2D eigenvalue weighted by atomic mass is 32.2. The van der Waals surface area contributed by atoms with E-state index in [1.165, 1.54) is 7.05 Å². The Hall–Kier alpha value is -1.67. The van der Waals surface area contributed by atoms with Crippen molar-refractivity contribution in [1.29, 1.82) is 0 Å². The molecule has 2 rings (SSSR count). The van der Waals surface area contributed by atoms with Crippen LogP contribution in [0.5, 0.6) is 5.75 Å². The highest BCUT2D eigenvalue weighted by molar-refractivity contribution is 7.88. The van der Waals surface area contributed by atoms with Gasteiger partial charge >= 0.3 is 0 Å². The molecule has 1 fully saturated rings. The van der Waals surface area contributed by atoms with Gasteiger partial charge in [0.1, 0.15) is 11.9 Å². The summed E-state index contributed by atoms with van der Waals surface area (Å²) in [5.41, 5.74) is 0. The highest BCUT2D eigenvalue weighted by Crippen LogP contribution is 2.18. The summed E-state index contributed by atoms with van der Waals surface area (Å²) >= 11 is 0. The van der Waals surface area contributed by atoms with E-state index in [-0.39, 0.29) is 18.6 Å². The van der Waals surface area contributed by atoms with E-state index in [9.17, 15) is 13.2 Å². The zero-order valence-electron chi connectivity index (χ0n) is 12.8. The summed E-state index contributed by atoms with van der Waals surface area (Å²) in [7, 11) is -1.95. The van der Waals surface area contributed by atoms with E-state index in [1.807, 2.05) is 0 Å². The van der Waals surface area contributed by atoms with Gasteiger partial charge < -0.3 is 9.64 Å². The normalized spacial score (nSPS) is 19.2. The molecule has 0 N–H and O–H groups in total. The molecule has 122 valence electrons. The molecule has 0 radical (unpaired) electrons. The molecule has 0 aromatic carbocycles. The van der Waals surface area contributed by atoms with Gasteiger partial charge in [-0.2, -0.15) is 4.31 Å². The number of pyridine rings is 1. The summed E-state index contributed by atoms with van der Waals surface area (Å²) in [5.74, 6) is 0.526. The molecule has 1 aromatic rings. The Kier molecular flexibility index (Phi) is 5.36. The maximum atomic E-state index is 12.2. The van der Waals surface area contributed by atoms with Crippen molar-refractivity contribution in [3.8, 4) is 5.75 Å². The summed E-state index contributed by atoms with van der Waals surface area (Å²) < 4.78 is 29.7. The van der Waals surface area contributed by atoms with Gasteiger partial charge in [-0.05, 0) is 25.0 Å². The quantitative estimate of drug-likeness (QED) is 0.779. The van der Waals surface area contributed by atoms with E-state index in [0.717, 1.165) is 29.2 Å². The van der Waals surface area contributed by atoms with Crippen LogP contribution >= 0.6 is 0 Å². The molecule has 0 saturated carbocycles. The van der Waals surface area contributed by atoms with Gasteiger partial charge in [-0.15, -0.1) is 0 Å². The molecule has 1 atom stereocenters. The second kappa shape index (κ2) is 7.06. The number of ether oxygens (including phenoxy) is 1. The topological polar surface area (TPSA) is 79.8 Å². The number of sulfonamides is 1. The van der Waals surface area contributed by atoms with Crippen molar-refractivity contribution in [2.75, 3.05) is 32.9 Å². The van der Waals surface area contributed by atoms with E-state index in [1.54, 1.807) is 29.4 Å². The smallest absolute Gasteiger partial charge is 0.238 e. The summed E-state index contributed by atoms with van der Waals surface area (Å²) in [6.45, 7) is 0.964. The van der Waals surface area contributed by atoms with Crippen molar-refractivity contribution < 1.29 is 17.9 Å². The largest absolute Gasteiger partial charge is 0.488 e. The monoisotopic (exact) mass is 327 g/mol. The zero-order valence-corrected chi connectivity index (χ0v) is 13.6. The SMILES string of the molecule is CN(CC(=O)N1CCCC(Oc2ccncc2)C1)S(C)(=O)=O. The summed E-state index contributed by atoms with van der Waals surface area (Å²) in [6.07, 6.45) is 6.03. The third-order valence-corrected chi connectivity index (χ3v) is 4.87.